The van der Waals surface area contributed by atoms with Crippen LogP contribution in [0.5, 0.6) is 0 Å². The van der Waals surface area contributed by atoms with E-state index in [-0.39, 0.29) is 23.1 Å². The summed E-state index contributed by atoms with van der Waals surface area (Å²) < 4.78 is 31.3. The molecule has 0 aromatic heterocycles. The predicted molar refractivity (Wildman–Crippen MR) is 133 cm³/mol. The number of carbonyl (C=O) groups is 2. The van der Waals surface area contributed by atoms with Crippen LogP contribution >= 0.6 is 0 Å². The Kier molecular flexibility index (Phi) is 8.93. The maximum atomic E-state index is 13.1. The molecule has 36 heavy (non-hydrogen) atoms. The van der Waals surface area contributed by atoms with E-state index < -0.39 is 34.6 Å². The van der Waals surface area contributed by atoms with Crippen molar-refractivity contribution in [3.8, 4) is 0 Å². The van der Waals surface area contributed by atoms with Crippen molar-refractivity contribution in [2.24, 2.45) is 16.8 Å². The normalized spacial score (nSPS) is 19.6. The van der Waals surface area contributed by atoms with Gasteiger partial charge in [0.2, 0.25) is 0 Å². The number of esters is 1. The molecule has 3 atom stereocenters. The second-order valence-corrected chi connectivity index (χ2v) is 10.4. The standard InChI is InChI=1S/C24H31N5O6S/c1-16-6-4-5-7-23(16)36(32,33)29(26)22(24(31)34-3)13-19(30)12-20-14-21(28(2)35-20)18-10-8-17(9-11-18)15-27-25/h4-11,15,20-22H,12-14,25-26H2,1-3H3/t20-,21-,22+/m1/s1. The molecule has 0 radical (unpaired) electrons. The molecule has 0 saturated carbocycles. The summed E-state index contributed by atoms with van der Waals surface area (Å²) in [6, 6.07) is 12.3. The number of hydrogen-bond acceptors (Lipinski definition) is 10. The van der Waals surface area contributed by atoms with Crippen LogP contribution in [0.3, 0.4) is 0 Å². The second-order valence-electron chi connectivity index (χ2n) is 8.56. The van der Waals surface area contributed by atoms with Crippen molar-refractivity contribution in [2.75, 3.05) is 14.2 Å². The van der Waals surface area contributed by atoms with Crippen molar-refractivity contribution in [1.29, 1.82) is 0 Å². The van der Waals surface area contributed by atoms with Gasteiger partial charge in [-0.3, -0.25) is 20.3 Å². The number of ether oxygens (including phenoxy) is 1. The van der Waals surface area contributed by atoms with Gasteiger partial charge in [-0.25, -0.2) is 8.42 Å². The smallest absolute Gasteiger partial charge is 0.326 e. The summed E-state index contributed by atoms with van der Waals surface area (Å²) in [4.78, 5) is 31.1. The Morgan fingerprint density at radius 3 is 2.53 bits per heavy atom. The number of rotatable bonds is 10. The van der Waals surface area contributed by atoms with Gasteiger partial charge in [-0.15, -0.1) is 4.41 Å². The molecule has 12 heteroatoms. The van der Waals surface area contributed by atoms with Crippen molar-refractivity contribution < 1.29 is 27.6 Å². The molecule has 0 bridgehead atoms. The van der Waals surface area contributed by atoms with E-state index in [4.69, 9.17) is 21.3 Å². The van der Waals surface area contributed by atoms with Crippen molar-refractivity contribution in [2.45, 2.75) is 49.3 Å². The molecule has 11 nitrogen and oxygen atoms in total. The van der Waals surface area contributed by atoms with Crippen LogP contribution in [0, 0.1) is 6.92 Å². The van der Waals surface area contributed by atoms with E-state index in [0.717, 1.165) is 18.2 Å². The molecule has 2 aromatic rings. The van der Waals surface area contributed by atoms with E-state index in [1.54, 1.807) is 37.2 Å². The van der Waals surface area contributed by atoms with Crippen molar-refractivity contribution in [3.05, 3.63) is 65.2 Å². The summed E-state index contributed by atoms with van der Waals surface area (Å²) in [7, 11) is -1.37. The van der Waals surface area contributed by atoms with Crippen LogP contribution < -0.4 is 11.7 Å². The molecule has 1 fully saturated rings. The first-order valence-corrected chi connectivity index (χ1v) is 12.7. The van der Waals surface area contributed by atoms with Crippen LogP contribution in [0.2, 0.25) is 0 Å². The summed E-state index contributed by atoms with van der Waals surface area (Å²) in [6.07, 6.45) is 1.15. The van der Waals surface area contributed by atoms with Crippen LogP contribution in [0.1, 0.15) is 42.0 Å². The third-order valence-corrected chi connectivity index (χ3v) is 7.91. The average Bonchev–Trinajstić information content (AvgIpc) is 3.22. The first kappa shape index (κ1) is 27.4. The zero-order valence-electron chi connectivity index (χ0n) is 20.4. The Balaban J connectivity index is 1.69. The van der Waals surface area contributed by atoms with Gasteiger partial charge in [0, 0.05) is 19.9 Å². The number of hydrazine groups is 1. The summed E-state index contributed by atoms with van der Waals surface area (Å²) in [5.74, 6) is 9.80. The average molecular weight is 518 g/mol. The number of aryl methyl sites for hydroxylation is 1. The van der Waals surface area contributed by atoms with Gasteiger partial charge in [0.1, 0.15) is 11.8 Å². The first-order chi connectivity index (χ1) is 17.1. The van der Waals surface area contributed by atoms with E-state index in [1.165, 1.54) is 12.3 Å². The maximum Gasteiger partial charge on any atom is 0.326 e. The van der Waals surface area contributed by atoms with Gasteiger partial charge in [-0.1, -0.05) is 42.5 Å². The number of Topliss-reactive ketones (excluding diaryl/α,β-unsaturated/α-hetero) is 1. The summed E-state index contributed by atoms with van der Waals surface area (Å²) in [5, 5.41) is 5.18. The van der Waals surface area contributed by atoms with Gasteiger partial charge in [0.05, 0.1) is 30.4 Å². The third kappa shape index (κ3) is 6.15. The number of sulfonamides is 1. The highest BCUT2D eigenvalue weighted by molar-refractivity contribution is 7.89. The number of carbonyl (C=O) groups excluding carboxylic acids is 2. The molecule has 0 unspecified atom stereocenters. The van der Waals surface area contributed by atoms with Crippen LogP contribution in [0.15, 0.2) is 58.5 Å². The molecule has 3 rings (SSSR count). The molecule has 4 N–H and O–H groups in total. The Hall–Kier alpha value is -3.16. The van der Waals surface area contributed by atoms with Gasteiger partial charge in [-0.05, 0) is 36.1 Å². The van der Waals surface area contributed by atoms with Crippen molar-refractivity contribution in [3.63, 3.8) is 0 Å². The van der Waals surface area contributed by atoms with Crippen LogP contribution in [-0.4, -0.2) is 62.2 Å². The lowest BCUT2D eigenvalue weighted by Gasteiger charge is -2.25. The number of nitrogens with zero attached hydrogens (tertiary/aromatic N) is 3. The van der Waals surface area contributed by atoms with E-state index >= 15 is 0 Å². The minimum Gasteiger partial charge on any atom is -0.468 e. The number of hydrogen-bond donors (Lipinski definition) is 2. The minimum atomic E-state index is -4.26. The first-order valence-electron chi connectivity index (χ1n) is 11.3. The highest BCUT2D eigenvalue weighted by Crippen LogP contribution is 2.34. The molecule has 1 aliphatic rings. The predicted octanol–water partition coefficient (Wildman–Crippen LogP) is 1.42. The lowest BCUT2D eigenvalue weighted by atomic mass is 9.97. The number of nitrogens with two attached hydrogens (primary N) is 2. The summed E-state index contributed by atoms with van der Waals surface area (Å²) in [6.45, 7) is 1.61. The quantitative estimate of drug-likeness (QED) is 0.206. The summed E-state index contributed by atoms with van der Waals surface area (Å²) in [5.41, 5.74) is 2.31. The monoisotopic (exact) mass is 517 g/mol. The molecule has 2 aromatic carbocycles. The third-order valence-electron chi connectivity index (χ3n) is 6.09. The number of hydrazone groups is 1. The molecule has 1 aliphatic heterocycles. The Labute approximate surface area is 210 Å². The van der Waals surface area contributed by atoms with Crippen molar-refractivity contribution >= 4 is 28.0 Å². The Bertz CT molecular complexity index is 1220. The lowest BCUT2D eigenvalue weighted by Crippen LogP contribution is -2.51. The molecular formula is C24H31N5O6S. The maximum absolute atomic E-state index is 13.1. The van der Waals surface area contributed by atoms with Crippen LogP contribution in [0.25, 0.3) is 0 Å². The SMILES string of the molecule is COC(=O)[C@H](CC(=O)C[C@@H]1C[C@H](c2ccc(C=NN)cc2)N(C)O1)N(N)S(=O)(=O)c1ccccc1C. The van der Waals surface area contributed by atoms with Crippen LogP contribution in [-0.2, 0) is 29.2 Å². The highest BCUT2D eigenvalue weighted by Gasteiger charge is 2.39. The second kappa shape index (κ2) is 11.7. The number of hydroxylamine groups is 2. The molecule has 0 spiro atoms. The van der Waals surface area contributed by atoms with Gasteiger partial charge < -0.3 is 10.6 Å². The zero-order chi connectivity index (χ0) is 26.5. The molecular weight excluding hydrogens is 486 g/mol. The molecule has 0 amide bonds. The van der Waals surface area contributed by atoms with Gasteiger partial charge >= 0.3 is 5.97 Å². The fourth-order valence-electron chi connectivity index (χ4n) is 4.20. The largest absolute Gasteiger partial charge is 0.468 e. The molecule has 194 valence electrons. The Morgan fingerprint density at radius 2 is 1.92 bits per heavy atom. The topological polar surface area (TPSA) is 158 Å². The van der Waals surface area contributed by atoms with Gasteiger partial charge in [0.15, 0.2) is 0 Å². The number of benzene rings is 2. The number of methoxy groups -OCH3 is 1. The fourth-order valence-corrected chi connectivity index (χ4v) is 5.65. The Morgan fingerprint density at radius 1 is 1.25 bits per heavy atom. The van der Waals surface area contributed by atoms with Crippen molar-refractivity contribution in [1.82, 2.24) is 9.48 Å². The molecule has 1 heterocycles. The zero-order valence-corrected chi connectivity index (χ0v) is 21.2. The van der Waals surface area contributed by atoms with E-state index in [0.29, 0.717) is 16.4 Å². The van der Waals surface area contributed by atoms with Gasteiger partial charge in [-0.2, -0.15) is 10.2 Å². The number of ketones is 1. The molecule has 1 saturated heterocycles. The van der Waals surface area contributed by atoms with Gasteiger partial charge in [0.25, 0.3) is 10.0 Å². The van der Waals surface area contributed by atoms with E-state index in [2.05, 4.69) is 5.10 Å². The lowest BCUT2D eigenvalue weighted by molar-refractivity contribution is -0.154. The minimum absolute atomic E-state index is 0.0233. The van der Waals surface area contributed by atoms with Crippen LogP contribution in [0.4, 0.5) is 0 Å². The van der Waals surface area contributed by atoms with E-state index in [1.807, 2.05) is 24.3 Å². The summed E-state index contributed by atoms with van der Waals surface area (Å²) >= 11 is 0. The molecule has 0 aliphatic carbocycles. The van der Waals surface area contributed by atoms with E-state index in [9.17, 15) is 18.0 Å². The highest BCUT2D eigenvalue weighted by atomic mass is 32.2. The fraction of sp³-hybridized carbons (Fsp3) is 0.375.